The second-order valence-corrected chi connectivity index (χ2v) is 20.6. The van der Waals surface area contributed by atoms with E-state index in [4.69, 9.17) is 14.2 Å². The molecule has 3 aliphatic heterocycles. The molecule has 3 saturated heterocycles. The maximum Gasteiger partial charge on any atom is 0.114 e. The van der Waals surface area contributed by atoms with Crippen LogP contribution in [0, 0.1) is 0 Å². The van der Waals surface area contributed by atoms with Gasteiger partial charge in [0, 0.05) is 19.8 Å². The van der Waals surface area contributed by atoms with Crippen LogP contribution in [-0.4, -0.2) is 61.9 Å². The Hall–Kier alpha value is -0.509. The molecule has 0 spiro atoms. The van der Waals surface area contributed by atoms with Gasteiger partial charge in [0.1, 0.15) is 8.80 Å². The Labute approximate surface area is 207 Å². The lowest BCUT2D eigenvalue weighted by Gasteiger charge is -2.59. The molecular formula is C27H46O3Si3. The van der Waals surface area contributed by atoms with Gasteiger partial charge in [0.05, 0.1) is 33.3 Å². The molecule has 3 aliphatic rings. The lowest BCUT2D eigenvalue weighted by molar-refractivity contribution is -0.164. The zero-order valence-electron chi connectivity index (χ0n) is 21.3. The fraction of sp³-hybridized carbons (Fsp3) is 0.704. The standard InChI is InChI=1S/C27H46O3Si3/c1-5-32(4)26(18-10-13-21-29-26)27(19-11-14-22-30-27)33(24-15-7-6-8-16-24)23-25(31(2)3)17-9-12-20-28-25/h5-8,15-16,31-33H,1,9-14,17-23H2,2-4H3. The molecule has 5 atom stereocenters. The fourth-order valence-corrected chi connectivity index (χ4v) is 19.2. The van der Waals surface area contributed by atoms with Crippen LogP contribution >= 0.6 is 0 Å². The lowest BCUT2D eigenvalue weighted by atomic mass is 9.96. The van der Waals surface area contributed by atoms with Crippen molar-refractivity contribution >= 4 is 31.6 Å². The largest absolute Gasteiger partial charge is 0.379 e. The van der Waals surface area contributed by atoms with Gasteiger partial charge in [0.2, 0.25) is 0 Å². The minimum absolute atomic E-state index is 0.105. The highest BCUT2D eigenvalue weighted by atomic mass is 28.3. The molecule has 0 bridgehead atoms. The molecule has 184 valence electrons. The first-order valence-electron chi connectivity index (χ1n) is 13.6. The summed E-state index contributed by atoms with van der Waals surface area (Å²) in [5.74, 6) is 0. The Morgan fingerprint density at radius 1 is 0.788 bits per heavy atom. The molecule has 0 N–H and O–H groups in total. The molecule has 0 aliphatic carbocycles. The van der Waals surface area contributed by atoms with Crippen LogP contribution in [0.1, 0.15) is 57.8 Å². The van der Waals surface area contributed by atoms with Crippen molar-refractivity contribution in [3.8, 4) is 0 Å². The monoisotopic (exact) mass is 502 g/mol. The minimum atomic E-state index is -1.67. The van der Waals surface area contributed by atoms with Crippen molar-refractivity contribution in [1.29, 1.82) is 0 Å². The van der Waals surface area contributed by atoms with Crippen LogP contribution in [0.5, 0.6) is 0 Å². The first kappa shape index (κ1) is 25.6. The van der Waals surface area contributed by atoms with Crippen LogP contribution in [0.25, 0.3) is 0 Å². The highest BCUT2D eigenvalue weighted by Gasteiger charge is 2.62. The second-order valence-electron chi connectivity index (χ2n) is 11.1. The summed E-state index contributed by atoms with van der Waals surface area (Å²) in [5.41, 5.74) is 2.28. The second kappa shape index (κ2) is 11.0. The van der Waals surface area contributed by atoms with E-state index in [9.17, 15) is 0 Å². The van der Waals surface area contributed by atoms with Crippen molar-refractivity contribution in [3.63, 3.8) is 0 Å². The average molecular weight is 503 g/mol. The highest BCUT2D eigenvalue weighted by molar-refractivity contribution is 6.80. The van der Waals surface area contributed by atoms with Crippen molar-refractivity contribution < 1.29 is 14.2 Å². The van der Waals surface area contributed by atoms with E-state index < -0.39 is 26.4 Å². The first-order chi connectivity index (χ1) is 16.0. The summed E-state index contributed by atoms with van der Waals surface area (Å²) in [6.45, 7) is 14.5. The molecule has 1 aromatic carbocycles. The molecule has 0 aromatic heterocycles. The zero-order chi connectivity index (χ0) is 23.4. The molecule has 1 aromatic rings. The van der Waals surface area contributed by atoms with Crippen LogP contribution < -0.4 is 5.19 Å². The first-order valence-corrected chi connectivity index (χ1v) is 20.8. The molecule has 5 unspecified atom stereocenters. The van der Waals surface area contributed by atoms with Crippen LogP contribution in [0.3, 0.4) is 0 Å². The quantitative estimate of drug-likeness (QED) is 0.485. The third-order valence-electron chi connectivity index (χ3n) is 9.16. The van der Waals surface area contributed by atoms with Gasteiger partial charge >= 0.3 is 0 Å². The number of ether oxygens (including phenoxy) is 3. The molecule has 0 amide bonds. The van der Waals surface area contributed by atoms with Crippen molar-refractivity contribution in [3.05, 3.63) is 42.6 Å². The summed E-state index contributed by atoms with van der Waals surface area (Å²) < 4.78 is 21.0. The molecule has 3 heterocycles. The summed E-state index contributed by atoms with van der Waals surface area (Å²) >= 11 is 0. The molecule has 6 heteroatoms. The lowest BCUT2D eigenvalue weighted by Crippen LogP contribution is -2.76. The third kappa shape index (κ3) is 4.81. The van der Waals surface area contributed by atoms with E-state index in [-0.39, 0.29) is 15.7 Å². The van der Waals surface area contributed by atoms with Crippen molar-refractivity contribution in [2.24, 2.45) is 0 Å². The molecule has 4 rings (SSSR count). The summed E-state index contributed by atoms with van der Waals surface area (Å²) in [4.78, 5) is 0. The summed E-state index contributed by atoms with van der Waals surface area (Å²) in [7, 11) is -4.11. The Kier molecular flexibility index (Phi) is 8.56. The Bertz CT molecular complexity index is 751. The maximum atomic E-state index is 7.20. The summed E-state index contributed by atoms with van der Waals surface area (Å²) in [6, 6.07) is 12.7. The smallest absolute Gasteiger partial charge is 0.114 e. The van der Waals surface area contributed by atoms with Crippen LogP contribution in [-0.2, 0) is 14.2 Å². The number of hydrogen-bond acceptors (Lipinski definition) is 3. The van der Waals surface area contributed by atoms with Gasteiger partial charge in [0.25, 0.3) is 0 Å². The summed E-state index contributed by atoms with van der Waals surface area (Å²) in [6.07, 6.45) is 10.9. The molecule has 0 saturated carbocycles. The number of benzene rings is 1. The van der Waals surface area contributed by atoms with Gasteiger partial charge in [-0.3, -0.25) is 0 Å². The van der Waals surface area contributed by atoms with Crippen molar-refractivity contribution in [2.75, 3.05) is 19.8 Å². The Morgan fingerprint density at radius 2 is 1.36 bits per heavy atom. The van der Waals surface area contributed by atoms with Crippen molar-refractivity contribution in [2.45, 2.75) is 99.1 Å². The van der Waals surface area contributed by atoms with Crippen LogP contribution in [0.2, 0.25) is 25.7 Å². The maximum absolute atomic E-state index is 7.20. The Balaban J connectivity index is 1.87. The topological polar surface area (TPSA) is 27.7 Å². The number of hydrogen-bond donors (Lipinski definition) is 0. The van der Waals surface area contributed by atoms with E-state index in [0.29, 0.717) is 0 Å². The van der Waals surface area contributed by atoms with Gasteiger partial charge in [-0.05, 0) is 63.8 Å². The van der Waals surface area contributed by atoms with Gasteiger partial charge in [-0.2, -0.15) is 0 Å². The van der Waals surface area contributed by atoms with E-state index in [1.165, 1.54) is 51.0 Å². The van der Waals surface area contributed by atoms with E-state index in [1.54, 1.807) is 5.19 Å². The van der Waals surface area contributed by atoms with Gasteiger partial charge in [0.15, 0.2) is 0 Å². The van der Waals surface area contributed by atoms with E-state index in [0.717, 1.165) is 32.7 Å². The minimum Gasteiger partial charge on any atom is -0.379 e. The molecule has 3 fully saturated rings. The van der Waals surface area contributed by atoms with Crippen LogP contribution in [0.15, 0.2) is 42.6 Å². The third-order valence-corrected chi connectivity index (χ3v) is 20.2. The van der Waals surface area contributed by atoms with Crippen molar-refractivity contribution in [1.82, 2.24) is 0 Å². The Morgan fingerprint density at radius 3 is 1.85 bits per heavy atom. The summed E-state index contributed by atoms with van der Waals surface area (Å²) in [5, 5.41) is 1.38. The van der Waals surface area contributed by atoms with Gasteiger partial charge in [-0.25, -0.2) is 0 Å². The molecular weight excluding hydrogens is 457 g/mol. The normalized spacial score (nSPS) is 35.2. The van der Waals surface area contributed by atoms with Crippen LogP contribution in [0.4, 0.5) is 0 Å². The van der Waals surface area contributed by atoms with E-state index in [2.05, 4.69) is 62.3 Å². The number of rotatable bonds is 8. The van der Waals surface area contributed by atoms with Gasteiger partial charge < -0.3 is 14.2 Å². The zero-order valence-corrected chi connectivity index (χ0v) is 24.8. The average Bonchev–Trinajstić information content (AvgIpc) is 2.88. The van der Waals surface area contributed by atoms with E-state index >= 15 is 0 Å². The van der Waals surface area contributed by atoms with E-state index in [1.807, 2.05) is 0 Å². The predicted molar refractivity (Wildman–Crippen MR) is 148 cm³/mol. The predicted octanol–water partition coefficient (Wildman–Crippen LogP) is 4.63. The SMILES string of the molecule is C=C[SiH](C)C1(C2([SiH](CC3([SiH](C)C)CCCCO3)c3ccccc3)CCCCO2)CCCCO1. The molecule has 33 heavy (non-hydrogen) atoms. The fourth-order valence-electron chi connectivity index (χ4n) is 7.11. The highest BCUT2D eigenvalue weighted by Crippen LogP contribution is 2.49. The molecule has 3 nitrogen and oxygen atoms in total. The van der Waals surface area contributed by atoms with Gasteiger partial charge in [-0.1, -0.05) is 55.2 Å². The van der Waals surface area contributed by atoms with Gasteiger partial charge in [-0.15, -0.1) is 12.3 Å². The molecule has 0 radical (unpaired) electrons.